The smallest absolute Gasteiger partial charge is 0.226 e. The van der Waals surface area contributed by atoms with E-state index in [1.54, 1.807) is 24.3 Å². The van der Waals surface area contributed by atoms with E-state index in [-0.39, 0.29) is 11.9 Å². The molecule has 7 heteroatoms. The average Bonchev–Trinajstić information content (AvgIpc) is 3.23. The van der Waals surface area contributed by atoms with Crippen molar-refractivity contribution in [3.05, 3.63) is 52.6 Å². The number of nitrogens with zero attached hydrogens (tertiary/aromatic N) is 3. The summed E-state index contributed by atoms with van der Waals surface area (Å²) >= 11 is 5.86. The Morgan fingerprint density at radius 2 is 2.19 bits per heavy atom. The second-order valence-electron chi connectivity index (χ2n) is 6.97. The zero-order chi connectivity index (χ0) is 18.6. The number of amides is 1. The predicted octanol–water partition coefficient (Wildman–Crippen LogP) is 2.91. The fourth-order valence-corrected chi connectivity index (χ4v) is 3.69. The van der Waals surface area contributed by atoms with E-state index in [1.165, 1.54) is 6.42 Å². The third kappa shape index (κ3) is 4.39. The molecule has 2 aromatic rings. The molecule has 142 valence electrons. The molecule has 0 spiro atoms. The van der Waals surface area contributed by atoms with Crippen molar-refractivity contribution in [1.82, 2.24) is 20.2 Å². The van der Waals surface area contributed by atoms with Crippen LogP contribution in [0.1, 0.15) is 42.4 Å². The van der Waals surface area contributed by atoms with Gasteiger partial charge in [0.05, 0.1) is 24.8 Å². The van der Waals surface area contributed by atoms with Crippen LogP contribution in [0, 0.1) is 0 Å². The van der Waals surface area contributed by atoms with Gasteiger partial charge in [0.25, 0.3) is 0 Å². The number of fused-ring (bicyclic) bond motifs is 1. The van der Waals surface area contributed by atoms with Crippen LogP contribution in [0.25, 0.3) is 0 Å². The van der Waals surface area contributed by atoms with E-state index in [0.29, 0.717) is 31.1 Å². The van der Waals surface area contributed by atoms with E-state index in [0.717, 1.165) is 42.2 Å². The van der Waals surface area contributed by atoms with Crippen LogP contribution in [0.15, 0.2) is 30.5 Å². The van der Waals surface area contributed by atoms with Crippen molar-refractivity contribution in [2.24, 2.45) is 0 Å². The lowest BCUT2D eigenvalue weighted by atomic mass is 10.1. The molecule has 1 atom stereocenters. The van der Waals surface area contributed by atoms with Crippen LogP contribution >= 0.6 is 11.6 Å². The molecule has 6 nitrogen and oxygen atoms in total. The van der Waals surface area contributed by atoms with Gasteiger partial charge in [-0.1, -0.05) is 11.6 Å². The predicted molar refractivity (Wildman–Crippen MR) is 103 cm³/mol. The second kappa shape index (κ2) is 8.23. The number of nitrogens with one attached hydrogen (secondary N) is 1. The van der Waals surface area contributed by atoms with Gasteiger partial charge in [-0.15, -0.1) is 0 Å². The lowest BCUT2D eigenvalue weighted by Gasteiger charge is -2.28. The highest BCUT2D eigenvalue weighted by atomic mass is 35.5. The van der Waals surface area contributed by atoms with Crippen molar-refractivity contribution >= 4 is 17.5 Å². The largest absolute Gasteiger partial charge is 0.493 e. The molecule has 2 aliphatic heterocycles. The van der Waals surface area contributed by atoms with Gasteiger partial charge in [0, 0.05) is 36.3 Å². The molecule has 1 aromatic carbocycles. The van der Waals surface area contributed by atoms with Crippen molar-refractivity contribution in [3.63, 3.8) is 0 Å². The van der Waals surface area contributed by atoms with Crippen LogP contribution in [-0.2, 0) is 17.8 Å². The van der Waals surface area contributed by atoms with Gasteiger partial charge < -0.3 is 15.0 Å². The molecule has 3 heterocycles. The molecule has 0 unspecified atom stereocenters. The van der Waals surface area contributed by atoms with Crippen molar-refractivity contribution in [2.75, 3.05) is 19.7 Å². The Bertz CT molecular complexity index is 806. The zero-order valence-corrected chi connectivity index (χ0v) is 15.9. The Balaban J connectivity index is 1.30. The molecule has 0 saturated carbocycles. The first-order valence-electron chi connectivity index (χ1n) is 9.43. The molecule has 4 rings (SSSR count). The number of hydrogen-bond acceptors (Lipinski definition) is 5. The molecule has 1 N–H and O–H groups in total. The standard InChI is InChI=1S/C20H23ClN4O2/c21-15-3-5-16(6-4-15)27-11-8-19(26)25-10-7-17-14(13-25)12-23-20(24-17)18-2-1-9-22-18/h3-6,12,18,22H,1-2,7-11,13H2/t18-/m1/s1. The molecule has 1 aromatic heterocycles. The Morgan fingerprint density at radius 1 is 1.33 bits per heavy atom. The zero-order valence-electron chi connectivity index (χ0n) is 15.2. The Hall–Kier alpha value is -2.18. The third-order valence-corrected chi connectivity index (χ3v) is 5.33. The monoisotopic (exact) mass is 386 g/mol. The van der Waals surface area contributed by atoms with Crippen LogP contribution < -0.4 is 10.1 Å². The molecule has 1 fully saturated rings. The number of carbonyl (C=O) groups excluding carboxylic acids is 1. The van der Waals surface area contributed by atoms with Crippen molar-refractivity contribution < 1.29 is 9.53 Å². The quantitative estimate of drug-likeness (QED) is 0.855. The van der Waals surface area contributed by atoms with Crippen molar-refractivity contribution in [1.29, 1.82) is 0 Å². The summed E-state index contributed by atoms with van der Waals surface area (Å²) in [7, 11) is 0. The Morgan fingerprint density at radius 3 is 2.96 bits per heavy atom. The van der Waals surface area contributed by atoms with Gasteiger partial charge in [0.15, 0.2) is 0 Å². The summed E-state index contributed by atoms with van der Waals surface area (Å²) in [6.07, 6.45) is 5.29. The van der Waals surface area contributed by atoms with Gasteiger partial charge in [-0.2, -0.15) is 0 Å². The fraction of sp³-hybridized carbons (Fsp3) is 0.450. The van der Waals surface area contributed by atoms with Gasteiger partial charge >= 0.3 is 0 Å². The Labute approximate surface area is 163 Å². The summed E-state index contributed by atoms with van der Waals surface area (Å²) < 4.78 is 5.63. The summed E-state index contributed by atoms with van der Waals surface area (Å²) in [6, 6.07) is 7.43. The van der Waals surface area contributed by atoms with Crippen LogP contribution in [0.5, 0.6) is 5.75 Å². The van der Waals surface area contributed by atoms with Crippen LogP contribution in [-0.4, -0.2) is 40.5 Å². The third-order valence-electron chi connectivity index (χ3n) is 5.08. The molecular formula is C20H23ClN4O2. The van der Waals surface area contributed by atoms with Crippen molar-refractivity contribution in [2.45, 2.75) is 38.3 Å². The lowest BCUT2D eigenvalue weighted by molar-refractivity contribution is -0.132. The summed E-state index contributed by atoms with van der Waals surface area (Å²) in [5.74, 6) is 1.70. The molecule has 0 radical (unpaired) electrons. The minimum atomic E-state index is 0.0937. The summed E-state index contributed by atoms with van der Waals surface area (Å²) in [4.78, 5) is 23.6. The van der Waals surface area contributed by atoms with Crippen LogP contribution in [0.2, 0.25) is 5.02 Å². The summed E-state index contributed by atoms with van der Waals surface area (Å²) in [6.45, 7) is 2.66. The summed E-state index contributed by atoms with van der Waals surface area (Å²) in [5.41, 5.74) is 2.13. The number of ether oxygens (including phenoxy) is 1. The molecular weight excluding hydrogens is 364 g/mol. The molecule has 2 aliphatic rings. The minimum absolute atomic E-state index is 0.0937. The van der Waals surface area contributed by atoms with E-state index >= 15 is 0 Å². The first kappa shape index (κ1) is 18.2. The van der Waals surface area contributed by atoms with Crippen molar-refractivity contribution in [3.8, 4) is 5.75 Å². The SMILES string of the molecule is O=C(CCOc1ccc(Cl)cc1)N1CCc2nc([C@H]3CCCN3)ncc2C1. The topological polar surface area (TPSA) is 67.3 Å². The van der Waals surface area contributed by atoms with Crippen LogP contribution in [0.4, 0.5) is 0 Å². The fourth-order valence-electron chi connectivity index (χ4n) is 3.56. The van der Waals surface area contributed by atoms with E-state index in [1.807, 2.05) is 11.1 Å². The van der Waals surface area contributed by atoms with E-state index in [2.05, 4.69) is 10.3 Å². The first-order chi connectivity index (χ1) is 13.2. The number of hydrogen-bond donors (Lipinski definition) is 1. The first-order valence-corrected chi connectivity index (χ1v) is 9.81. The molecule has 1 amide bonds. The number of aromatic nitrogens is 2. The highest BCUT2D eigenvalue weighted by Crippen LogP contribution is 2.23. The maximum atomic E-state index is 12.5. The number of carbonyl (C=O) groups is 1. The van der Waals surface area contributed by atoms with Gasteiger partial charge in [0.1, 0.15) is 11.6 Å². The van der Waals surface area contributed by atoms with Gasteiger partial charge in [-0.25, -0.2) is 9.97 Å². The highest BCUT2D eigenvalue weighted by Gasteiger charge is 2.25. The highest BCUT2D eigenvalue weighted by molar-refractivity contribution is 6.30. The minimum Gasteiger partial charge on any atom is -0.493 e. The van der Waals surface area contributed by atoms with Crippen LogP contribution in [0.3, 0.4) is 0 Å². The number of halogens is 1. The Kier molecular flexibility index (Phi) is 5.55. The molecule has 0 bridgehead atoms. The van der Waals surface area contributed by atoms with E-state index in [4.69, 9.17) is 21.3 Å². The van der Waals surface area contributed by atoms with E-state index in [9.17, 15) is 4.79 Å². The lowest BCUT2D eigenvalue weighted by Crippen LogP contribution is -2.37. The van der Waals surface area contributed by atoms with Gasteiger partial charge in [-0.05, 0) is 43.7 Å². The maximum absolute atomic E-state index is 12.5. The van der Waals surface area contributed by atoms with E-state index < -0.39 is 0 Å². The molecule has 0 aliphatic carbocycles. The maximum Gasteiger partial charge on any atom is 0.226 e. The number of benzene rings is 1. The van der Waals surface area contributed by atoms with Gasteiger partial charge in [-0.3, -0.25) is 4.79 Å². The van der Waals surface area contributed by atoms with Gasteiger partial charge in [0.2, 0.25) is 5.91 Å². The normalized spacial score (nSPS) is 19.0. The molecule has 27 heavy (non-hydrogen) atoms. The molecule has 1 saturated heterocycles. The summed E-state index contributed by atoms with van der Waals surface area (Å²) in [5, 5.41) is 4.10. The number of rotatable bonds is 5. The average molecular weight is 387 g/mol. The second-order valence-corrected chi connectivity index (χ2v) is 7.40.